The van der Waals surface area contributed by atoms with E-state index >= 15 is 0 Å². The molecule has 2 aromatic heterocycles. The Morgan fingerprint density at radius 1 is 1.18 bits per heavy atom. The predicted octanol–water partition coefficient (Wildman–Crippen LogP) is 4.74. The molecule has 7 nitrogen and oxygen atoms in total. The van der Waals surface area contributed by atoms with E-state index in [-0.39, 0.29) is 36.4 Å². The molecule has 0 aromatic carbocycles. The van der Waals surface area contributed by atoms with Gasteiger partial charge in [0.25, 0.3) is 12.8 Å². The molecule has 0 saturated heterocycles. The van der Waals surface area contributed by atoms with Gasteiger partial charge in [0.1, 0.15) is 22.8 Å². The number of aromatic nitrogens is 3. The van der Waals surface area contributed by atoms with Gasteiger partial charge in [0.2, 0.25) is 0 Å². The van der Waals surface area contributed by atoms with E-state index in [1.165, 1.54) is 13.0 Å². The summed E-state index contributed by atoms with van der Waals surface area (Å²) in [7, 11) is 0. The molecule has 3 rings (SSSR count). The number of aliphatic hydroxyl groups is 1. The number of hydrogen-bond donors (Lipinski definition) is 1. The number of aliphatic hydroxyl groups excluding tert-OH is 1. The third-order valence-electron chi connectivity index (χ3n) is 5.33. The van der Waals surface area contributed by atoms with E-state index in [0.29, 0.717) is 0 Å². The number of rotatable bonds is 7. The minimum absolute atomic E-state index is 0.0413. The molecule has 0 bridgehead atoms. The van der Waals surface area contributed by atoms with Crippen LogP contribution < -0.4 is 4.74 Å². The van der Waals surface area contributed by atoms with Crippen molar-refractivity contribution in [2.45, 2.75) is 59.4 Å². The Morgan fingerprint density at radius 3 is 2.35 bits per heavy atom. The van der Waals surface area contributed by atoms with Gasteiger partial charge in [0.15, 0.2) is 11.6 Å². The van der Waals surface area contributed by atoms with Crippen LogP contribution in [0.5, 0.6) is 5.75 Å². The second-order valence-corrected chi connectivity index (χ2v) is 8.70. The van der Waals surface area contributed by atoms with E-state index in [2.05, 4.69) is 14.8 Å². The molecular formula is C22H22F5N3O4. The van der Waals surface area contributed by atoms with Gasteiger partial charge in [-0.25, -0.2) is 17.6 Å². The first-order valence-corrected chi connectivity index (χ1v) is 10.2. The number of hydrogen-bond acceptors (Lipinski definition) is 6. The van der Waals surface area contributed by atoms with Crippen molar-refractivity contribution in [3.05, 3.63) is 46.5 Å². The van der Waals surface area contributed by atoms with Gasteiger partial charge in [-0.3, -0.25) is 19.3 Å². The molecule has 2 aromatic rings. The zero-order valence-electron chi connectivity index (χ0n) is 18.5. The average molecular weight is 487 g/mol. The molecule has 12 heteroatoms. The third-order valence-corrected chi connectivity index (χ3v) is 5.33. The number of Topliss-reactive ketones (excluding diaryl/α,β-unsaturated/α-hetero) is 2. The van der Waals surface area contributed by atoms with Crippen LogP contribution in [0.4, 0.5) is 22.0 Å². The van der Waals surface area contributed by atoms with Gasteiger partial charge in [-0.15, -0.1) is 0 Å². The second-order valence-electron chi connectivity index (χ2n) is 8.70. The lowest BCUT2D eigenvalue weighted by Crippen LogP contribution is -2.32. The molecule has 0 aliphatic heterocycles. The molecule has 1 aliphatic rings. The molecule has 0 amide bonds. The highest BCUT2D eigenvalue weighted by Crippen LogP contribution is 2.37. The van der Waals surface area contributed by atoms with Crippen molar-refractivity contribution in [2.75, 3.05) is 0 Å². The van der Waals surface area contributed by atoms with Gasteiger partial charge >= 0.3 is 6.43 Å². The number of ketones is 2. The lowest BCUT2D eigenvalue weighted by Gasteiger charge is -2.28. The number of ether oxygens (including phenoxy) is 1. The van der Waals surface area contributed by atoms with Crippen molar-refractivity contribution in [2.24, 2.45) is 5.41 Å². The summed E-state index contributed by atoms with van der Waals surface area (Å²) in [6.45, 7) is 4.55. The zero-order valence-corrected chi connectivity index (χ0v) is 18.5. The summed E-state index contributed by atoms with van der Waals surface area (Å²) < 4.78 is 71.1. The van der Waals surface area contributed by atoms with E-state index in [4.69, 9.17) is 0 Å². The fourth-order valence-electron chi connectivity index (χ4n) is 3.70. The highest BCUT2D eigenvalue weighted by molar-refractivity contribution is 6.26. The predicted molar refractivity (Wildman–Crippen MR) is 109 cm³/mol. The second kappa shape index (κ2) is 9.51. The largest absolute Gasteiger partial charge is 0.506 e. The van der Waals surface area contributed by atoms with Crippen molar-refractivity contribution >= 4 is 17.3 Å². The third kappa shape index (κ3) is 5.26. The Balaban J connectivity index is 1.97. The van der Waals surface area contributed by atoms with Crippen LogP contribution in [0.1, 0.15) is 55.6 Å². The summed E-state index contributed by atoms with van der Waals surface area (Å²) in [6.07, 6.45) is -7.28. The van der Waals surface area contributed by atoms with Crippen LogP contribution in [-0.2, 0) is 16.1 Å². The maximum atomic E-state index is 13.7. The first kappa shape index (κ1) is 25.3. The molecule has 1 aliphatic carbocycles. The van der Waals surface area contributed by atoms with Crippen LogP contribution in [0.2, 0.25) is 0 Å². The van der Waals surface area contributed by atoms with Crippen LogP contribution >= 0.6 is 0 Å². The van der Waals surface area contributed by atoms with Crippen LogP contribution in [-0.4, -0.2) is 44.2 Å². The van der Waals surface area contributed by atoms with E-state index in [9.17, 15) is 36.6 Å². The normalized spacial score (nSPS) is 16.9. The monoisotopic (exact) mass is 487 g/mol. The van der Waals surface area contributed by atoms with Gasteiger partial charge in [-0.2, -0.15) is 9.49 Å². The van der Waals surface area contributed by atoms with Crippen molar-refractivity contribution in [1.82, 2.24) is 14.8 Å². The van der Waals surface area contributed by atoms with Crippen molar-refractivity contribution in [1.29, 1.82) is 0 Å². The van der Waals surface area contributed by atoms with Crippen molar-refractivity contribution < 1.29 is 41.4 Å². The lowest BCUT2D eigenvalue weighted by molar-refractivity contribution is -0.127. The van der Waals surface area contributed by atoms with Crippen LogP contribution in [0.25, 0.3) is 5.76 Å². The summed E-state index contributed by atoms with van der Waals surface area (Å²) in [5.74, 6) is -2.42. The fourth-order valence-corrected chi connectivity index (χ4v) is 3.70. The SMILES string of the molecule is Cc1c(OC(F)C(F)F)ccnc1Cn1cc(C(O)=C2C(=O)CC(C)(C)CC2=O)c(C(F)F)n1. The van der Waals surface area contributed by atoms with Crippen molar-refractivity contribution in [3.8, 4) is 5.75 Å². The van der Waals surface area contributed by atoms with Gasteiger partial charge in [-0.1, -0.05) is 13.8 Å². The highest BCUT2D eigenvalue weighted by Gasteiger charge is 2.39. The number of carbonyl (C=O) groups excluding carboxylic acids is 2. The minimum atomic E-state index is -3.37. The van der Waals surface area contributed by atoms with E-state index in [1.807, 2.05) is 0 Å². The summed E-state index contributed by atoms with van der Waals surface area (Å²) >= 11 is 0. The molecule has 0 spiro atoms. The van der Waals surface area contributed by atoms with Gasteiger partial charge < -0.3 is 9.84 Å². The zero-order chi connectivity index (χ0) is 25.4. The molecule has 1 fully saturated rings. The molecule has 1 saturated carbocycles. The summed E-state index contributed by atoms with van der Waals surface area (Å²) in [5, 5.41) is 14.4. The fraction of sp³-hybridized carbons (Fsp3) is 0.455. The molecule has 1 unspecified atom stereocenters. The Kier molecular flexibility index (Phi) is 7.08. The topological polar surface area (TPSA) is 94.3 Å². The minimum Gasteiger partial charge on any atom is -0.506 e. The van der Waals surface area contributed by atoms with Crippen molar-refractivity contribution in [3.63, 3.8) is 0 Å². The van der Waals surface area contributed by atoms with E-state index in [0.717, 1.165) is 17.1 Å². The molecule has 1 N–H and O–H groups in total. The number of allylic oxidation sites excluding steroid dienone is 1. The Morgan fingerprint density at radius 2 is 1.79 bits per heavy atom. The number of alkyl halides is 5. The number of halogens is 5. The quantitative estimate of drug-likeness (QED) is 0.263. The van der Waals surface area contributed by atoms with E-state index < -0.39 is 58.8 Å². The van der Waals surface area contributed by atoms with Crippen LogP contribution in [0.15, 0.2) is 24.0 Å². The lowest BCUT2D eigenvalue weighted by atomic mass is 9.73. The Hall–Kier alpha value is -3.31. The van der Waals surface area contributed by atoms with Gasteiger partial charge in [0.05, 0.1) is 17.8 Å². The summed E-state index contributed by atoms with van der Waals surface area (Å²) in [5.41, 5.74) is -2.20. The number of carbonyl (C=O) groups is 2. The number of nitrogens with zero attached hydrogens (tertiary/aromatic N) is 3. The molecular weight excluding hydrogens is 465 g/mol. The standard InChI is InChI=1S/C22H22F5N3O4/c1-10-12(28-5-4-15(10)34-21(27)20(25)26)9-30-8-11(17(29-30)19(23)24)18(33)16-13(31)6-22(2,3)7-14(16)32/h4-5,8,19-21,33H,6-7,9H2,1-3H3. The molecule has 1 atom stereocenters. The van der Waals surface area contributed by atoms with Gasteiger partial charge in [-0.05, 0) is 18.4 Å². The summed E-state index contributed by atoms with van der Waals surface area (Å²) in [4.78, 5) is 29.0. The first-order valence-electron chi connectivity index (χ1n) is 10.2. The molecule has 184 valence electrons. The Bertz CT molecular complexity index is 1120. The maximum absolute atomic E-state index is 13.7. The maximum Gasteiger partial charge on any atom is 0.304 e. The first-order chi connectivity index (χ1) is 15.8. The summed E-state index contributed by atoms with van der Waals surface area (Å²) in [6, 6.07) is 1.17. The molecule has 2 heterocycles. The highest BCUT2D eigenvalue weighted by atomic mass is 19.3. The molecule has 34 heavy (non-hydrogen) atoms. The Labute approximate surface area is 191 Å². The smallest absolute Gasteiger partial charge is 0.304 e. The van der Waals surface area contributed by atoms with Crippen LogP contribution in [0.3, 0.4) is 0 Å². The van der Waals surface area contributed by atoms with Crippen LogP contribution in [0, 0.1) is 12.3 Å². The number of pyridine rings is 1. The van der Waals surface area contributed by atoms with Gasteiger partial charge in [0, 0.05) is 30.8 Å². The average Bonchev–Trinajstić information content (AvgIpc) is 3.13. The van der Waals surface area contributed by atoms with E-state index in [1.54, 1.807) is 13.8 Å². The molecule has 0 radical (unpaired) electrons.